The zero-order chi connectivity index (χ0) is 14.3. The van der Waals surface area contributed by atoms with Crippen molar-refractivity contribution in [1.82, 2.24) is 9.55 Å². The first-order valence-corrected chi connectivity index (χ1v) is 8.72. The predicted molar refractivity (Wildman–Crippen MR) is 88.1 cm³/mol. The van der Waals surface area contributed by atoms with Gasteiger partial charge in [-0.15, -0.1) is 22.9 Å². The van der Waals surface area contributed by atoms with Gasteiger partial charge in [0.25, 0.3) is 0 Å². The Morgan fingerprint density at radius 3 is 2.75 bits per heavy atom. The van der Waals surface area contributed by atoms with E-state index in [4.69, 9.17) is 11.6 Å². The van der Waals surface area contributed by atoms with E-state index in [0.717, 1.165) is 26.2 Å². The van der Waals surface area contributed by atoms with Crippen LogP contribution in [0.15, 0.2) is 32.5 Å². The van der Waals surface area contributed by atoms with Gasteiger partial charge in [-0.05, 0) is 49.4 Å². The van der Waals surface area contributed by atoms with E-state index in [0.29, 0.717) is 11.0 Å². The van der Waals surface area contributed by atoms with E-state index in [1.165, 1.54) is 6.07 Å². The summed E-state index contributed by atoms with van der Waals surface area (Å²) in [5, 5.41) is 2.01. The maximum atomic E-state index is 13.8. The molecular weight excluding hydrogens is 430 g/mol. The normalized spacial score (nSPS) is 11.4. The van der Waals surface area contributed by atoms with Crippen LogP contribution in [0, 0.1) is 5.82 Å². The fourth-order valence-corrected chi connectivity index (χ4v) is 4.03. The average molecular weight is 439 g/mol. The largest absolute Gasteiger partial charge is 0.322 e. The van der Waals surface area contributed by atoms with E-state index in [9.17, 15) is 4.39 Å². The Kier molecular flexibility index (Phi) is 4.17. The number of rotatable bonds is 3. The third-order valence-corrected chi connectivity index (χ3v) is 5.74. The van der Waals surface area contributed by atoms with Crippen LogP contribution in [0.4, 0.5) is 4.39 Å². The molecule has 0 bridgehead atoms. The van der Waals surface area contributed by atoms with Crippen LogP contribution >= 0.6 is 54.8 Å². The van der Waals surface area contributed by atoms with Gasteiger partial charge in [-0.2, -0.15) is 0 Å². The standard InChI is InChI=1S/C13H8Br2ClFN2S/c14-7-1-2-20-12(7)6-19-11-4-9(17)8(15)3-10(11)18-13(19)5-16/h1-4H,5-6H2. The van der Waals surface area contributed by atoms with Crippen LogP contribution in [0.3, 0.4) is 0 Å². The number of halogens is 4. The molecule has 0 spiro atoms. The lowest BCUT2D eigenvalue weighted by molar-refractivity contribution is 0.621. The van der Waals surface area contributed by atoms with Gasteiger partial charge >= 0.3 is 0 Å². The first-order chi connectivity index (χ1) is 9.60. The van der Waals surface area contributed by atoms with Gasteiger partial charge in [0, 0.05) is 15.4 Å². The summed E-state index contributed by atoms with van der Waals surface area (Å²) in [6.45, 7) is 0.623. The molecule has 3 aromatic rings. The molecule has 0 radical (unpaired) electrons. The van der Waals surface area contributed by atoms with E-state index in [1.807, 2.05) is 16.0 Å². The molecule has 0 saturated heterocycles. The molecule has 0 N–H and O–H groups in total. The lowest BCUT2D eigenvalue weighted by Gasteiger charge is -2.07. The van der Waals surface area contributed by atoms with Gasteiger partial charge in [-0.25, -0.2) is 9.37 Å². The molecule has 0 fully saturated rings. The molecule has 0 aliphatic heterocycles. The van der Waals surface area contributed by atoms with Gasteiger partial charge in [-0.3, -0.25) is 0 Å². The number of hydrogen-bond acceptors (Lipinski definition) is 2. The number of alkyl halides is 1. The van der Waals surface area contributed by atoms with E-state index in [1.54, 1.807) is 17.4 Å². The minimum Gasteiger partial charge on any atom is -0.322 e. The number of thiophene rings is 1. The Bertz CT molecular complexity index is 784. The van der Waals surface area contributed by atoms with Crippen LogP contribution in [0.5, 0.6) is 0 Å². The number of hydrogen-bond donors (Lipinski definition) is 0. The molecule has 20 heavy (non-hydrogen) atoms. The topological polar surface area (TPSA) is 17.8 Å². The quantitative estimate of drug-likeness (QED) is 0.491. The summed E-state index contributed by atoms with van der Waals surface area (Å²) in [7, 11) is 0. The maximum absolute atomic E-state index is 13.8. The van der Waals surface area contributed by atoms with Crippen LogP contribution in [-0.4, -0.2) is 9.55 Å². The van der Waals surface area contributed by atoms with Gasteiger partial charge in [0.05, 0.1) is 27.9 Å². The fourth-order valence-electron chi connectivity index (χ4n) is 2.03. The van der Waals surface area contributed by atoms with Crippen LogP contribution in [-0.2, 0) is 12.4 Å². The van der Waals surface area contributed by atoms with Crippen molar-refractivity contribution in [3.05, 3.63) is 49.0 Å². The molecule has 7 heteroatoms. The predicted octanol–water partition coefficient (Wildman–Crippen LogP) is 5.55. The summed E-state index contributed by atoms with van der Waals surface area (Å²) >= 11 is 14.3. The van der Waals surface area contributed by atoms with E-state index >= 15 is 0 Å². The smallest absolute Gasteiger partial charge is 0.139 e. The molecule has 2 aromatic heterocycles. The van der Waals surface area contributed by atoms with Crippen LogP contribution in [0.2, 0.25) is 0 Å². The number of aromatic nitrogens is 2. The van der Waals surface area contributed by atoms with Gasteiger partial charge in [0.2, 0.25) is 0 Å². The number of fused-ring (bicyclic) bond motifs is 1. The van der Waals surface area contributed by atoms with Crippen molar-refractivity contribution < 1.29 is 4.39 Å². The Labute approximate surface area is 140 Å². The molecule has 2 heterocycles. The highest BCUT2D eigenvalue weighted by atomic mass is 79.9. The minimum absolute atomic E-state index is 0.289. The lowest BCUT2D eigenvalue weighted by atomic mass is 10.3. The van der Waals surface area contributed by atoms with Gasteiger partial charge in [-0.1, -0.05) is 0 Å². The molecule has 2 nitrogen and oxygen atoms in total. The van der Waals surface area contributed by atoms with Gasteiger partial charge < -0.3 is 4.57 Å². The van der Waals surface area contributed by atoms with Crippen LogP contribution in [0.1, 0.15) is 10.7 Å². The first kappa shape index (κ1) is 14.5. The zero-order valence-electron chi connectivity index (χ0n) is 10.0. The van der Waals surface area contributed by atoms with E-state index < -0.39 is 0 Å². The summed E-state index contributed by atoms with van der Waals surface area (Å²) in [5.74, 6) is 0.723. The van der Waals surface area contributed by atoms with Crippen LogP contribution < -0.4 is 0 Å². The molecule has 0 aliphatic rings. The SMILES string of the molecule is Fc1cc2c(cc1Br)nc(CCl)n2Cc1sccc1Br. The van der Waals surface area contributed by atoms with Gasteiger partial charge in [0.1, 0.15) is 11.6 Å². The van der Waals surface area contributed by atoms with Crippen molar-refractivity contribution >= 4 is 65.8 Å². The zero-order valence-corrected chi connectivity index (χ0v) is 14.8. The molecule has 0 atom stereocenters. The summed E-state index contributed by atoms with van der Waals surface area (Å²) in [5.41, 5.74) is 1.49. The summed E-state index contributed by atoms with van der Waals surface area (Å²) in [4.78, 5) is 5.62. The van der Waals surface area contributed by atoms with Crippen molar-refractivity contribution in [2.75, 3.05) is 0 Å². The molecular formula is C13H8Br2ClFN2S. The molecule has 0 aliphatic carbocycles. The Morgan fingerprint density at radius 2 is 2.10 bits per heavy atom. The molecule has 0 unspecified atom stereocenters. The van der Waals surface area contributed by atoms with Crippen LogP contribution in [0.25, 0.3) is 11.0 Å². The second-order valence-corrected chi connectivity index (χ2v) is 7.17. The number of nitrogens with zero attached hydrogens (tertiary/aromatic N) is 2. The highest BCUT2D eigenvalue weighted by Gasteiger charge is 2.14. The third kappa shape index (κ3) is 2.54. The first-order valence-electron chi connectivity index (χ1n) is 5.72. The highest BCUT2D eigenvalue weighted by molar-refractivity contribution is 9.10. The summed E-state index contributed by atoms with van der Waals surface area (Å²) in [6.07, 6.45) is 0. The number of benzene rings is 1. The molecule has 0 saturated carbocycles. The second-order valence-electron chi connectivity index (χ2n) is 4.19. The van der Waals surface area contributed by atoms with E-state index in [-0.39, 0.29) is 11.7 Å². The summed E-state index contributed by atoms with van der Waals surface area (Å²) < 4.78 is 17.2. The monoisotopic (exact) mass is 436 g/mol. The van der Waals surface area contributed by atoms with Crippen molar-refractivity contribution in [1.29, 1.82) is 0 Å². The minimum atomic E-state index is -0.301. The Hall–Kier alpha value is -0.430. The average Bonchev–Trinajstić information content (AvgIpc) is 2.96. The van der Waals surface area contributed by atoms with Crippen molar-refractivity contribution in [2.24, 2.45) is 0 Å². The Balaban J connectivity index is 2.17. The lowest BCUT2D eigenvalue weighted by Crippen LogP contribution is -2.03. The highest BCUT2D eigenvalue weighted by Crippen LogP contribution is 2.29. The fraction of sp³-hybridized carbons (Fsp3) is 0.154. The molecule has 1 aromatic carbocycles. The Morgan fingerprint density at radius 1 is 1.30 bits per heavy atom. The molecule has 0 amide bonds. The molecule has 3 rings (SSSR count). The molecule has 104 valence electrons. The van der Waals surface area contributed by atoms with Gasteiger partial charge in [0.15, 0.2) is 0 Å². The summed E-state index contributed by atoms with van der Waals surface area (Å²) in [6, 6.07) is 5.17. The number of imidazole rings is 1. The third-order valence-electron chi connectivity index (χ3n) is 2.98. The maximum Gasteiger partial charge on any atom is 0.139 e. The van der Waals surface area contributed by atoms with Crippen molar-refractivity contribution in [3.8, 4) is 0 Å². The van der Waals surface area contributed by atoms with Crippen molar-refractivity contribution in [2.45, 2.75) is 12.4 Å². The second kappa shape index (κ2) is 5.75. The van der Waals surface area contributed by atoms with E-state index in [2.05, 4.69) is 36.8 Å². The van der Waals surface area contributed by atoms with Crippen molar-refractivity contribution in [3.63, 3.8) is 0 Å².